The van der Waals surface area contributed by atoms with Gasteiger partial charge in [0.05, 0.1) is 33.2 Å². The van der Waals surface area contributed by atoms with Crippen LogP contribution in [0, 0.1) is 0 Å². The molecule has 0 aliphatic carbocycles. The molecule has 0 bridgehead atoms. The minimum absolute atomic E-state index is 0.311. The van der Waals surface area contributed by atoms with E-state index in [-0.39, 0.29) is 6.04 Å². The van der Waals surface area contributed by atoms with E-state index >= 15 is 0 Å². The maximum atomic E-state index is 6.32. The van der Waals surface area contributed by atoms with E-state index in [0.29, 0.717) is 5.02 Å². The number of nitrogens with zero attached hydrogens (tertiary/aromatic N) is 3. The van der Waals surface area contributed by atoms with Gasteiger partial charge in [0.2, 0.25) is 0 Å². The van der Waals surface area contributed by atoms with Gasteiger partial charge in [-0.2, -0.15) is 5.10 Å². The molecule has 0 saturated carbocycles. The van der Waals surface area contributed by atoms with Gasteiger partial charge >= 0.3 is 0 Å². The lowest BCUT2D eigenvalue weighted by Gasteiger charge is -2.14. The molecule has 0 fully saturated rings. The summed E-state index contributed by atoms with van der Waals surface area (Å²) in [6.45, 7) is 2.75. The van der Waals surface area contributed by atoms with Crippen LogP contribution in [0.15, 0.2) is 29.9 Å². The van der Waals surface area contributed by atoms with Gasteiger partial charge in [0, 0.05) is 12.7 Å². The first-order chi connectivity index (χ1) is 9.20. The van der Waals surface area contributed by atoms with Gasteiger partial charge < -0.3 is 5.73 Å². The Morgan fingerprint density at radius 1 is 1.47 bits per heavy atom. The fraction of sp³-hybridized carbons (Fsp3) is 0.231. The molecule has 2 N–H and O–H groups in total. The zero-order chi connectivity index (χ0) is 13.4. The van der Waals surface area contributed by atoms with Crippen molar-refractivity contribution < 1.29 is 0 Å². The van der Waals surface area contributed by atoms with E-state index < -0.39 is 0 Å². The lowest BCUT2D eigenvalue weighted by molar-refractivity contribution is 0.600. The van der Waals surface area contributed by atoms with Gasteiger partial charge in [-0.3, -0.25) is 9.67 Å². The number of rotatable bonds is 3. The summed E-state index contributed by atoms with van der Waals surface area (Å²) in [5.74, 6) is 0. The Balaban J connectivity index is 2.07. The van der Waals surface area contributed by atoms with Crippen molar-refractivity contribution in [1.29, 1.82) is 0 Å². The lowest BCUT2D eigenvalue weighted by atomic mass is 10.1. The Hall–Kier alpha value is -1.43. The third-order valence-electron chi connectivity index (χ3n) is 3.11. The van der Waals surface area contributed by atoms with E-state index in [1.807, 2.05) is 29.2 Å². The number of halogens is 1. The van der Waals surface area contributed by atoms with Crippen LogP contribution in [0.2, 0.25) is 5.02 Å². The monoisotopic (exact) mass is 292 g/mol. The van der Waals surface area contributed by atoms with Crippen molar-refractivity contribution in [3.05, 3.63) is 46.2 Å². The van der Waals surface area contributed by atoms with Crippen molar-refractivity contribution in [2.75, 3.05) is 0 Å². The van der Waals surface area contributed by atoms with Gasteiger partial charge in [-0.05, 0) is 30.0 Å². The van der Waals surface area contributed by atoms with Crippen molar-refractivity contribution >= 4 is 33.2 Å². The molecular weight excluding hydrogens is 280 g/mol. The quantitative estimate of drug-likeness (QED) is 0.806. The molecule has 0 aromatic carbocycles. The fourth-order valence-electron chi connectivity index (χ4n) is 2.12. The summed E-state index contributed by atoms with van der Waals surface area (Å²) < 4.78 is 2.96. The second-order valence-electron chi connectivity index (χ2n) is 4.24. The molecule has 0 radical (unpaired) electrons. The van der Waals surface area contributed by atoms with E-state index in [1.165, 1.54) is 0 Å². The summed E-state index contributed by atoms with van der Waals surface area (Å²) in [4.78, 5) is 4.41. The van der Waals surface area contributed by atoms with Gasteiger partial charge in [-0.15, -0.1) is 11.3 Å². The van der Waals surface area contributed by atoms with E-state index in [1.54, 1.807) is 17.5 Å². The molecule has 1 unspecified atom stereocenters. The highest BCUT2D eigenvalue weighted by molar-refractivity contribution is 7.17. The Kier molecular flexibility index (Phi) is 3.26. The van der Waals surface area contributed by atoms with E-state index in [9.17, 15) is 0 Å². The van der Waals surface area contributed by atoms with Crippen LogP contribution in [0.4, 0.5) is 0 Å². The van der Waals surface area contributed by atoms with Gasteiger partial charge in [0.1, 0.15) is 0 Å². The molecule has 3 aromatic rings. The van der Waals surface area contributed by atoms with Gasteiger partial charge in [0.25, 0.3) is 0 Å². The van der Waals surface area contributed by atoms with Crippen LogP contribution in [-0.2, 0) is 6.54 Å². The number of hydrogen-bond acceptors (Lipinski definition) is 4. The largest absolute Gasteiger partial charge is 0.319 e. The first-order valence-electron chi connectivity index (χ1n) is 6.00. The molecule has 0 saturated heterocycles. The highest BCUT2D eigenvalue weighted by Crippen LogP contribution is 2.28. The number of hydrogen-bond donors (Lipinski definition) is 1. The maximum absolute atomic E-state index is 6.32. The second kappa shape index (κ2) is 4.92. The summed E-state index contributed by atoms with van der Waals surface area (Å²) in [5, 5.41) is 6.84. The average molecular weight is 293 g/mol. The predicted octanol–water partition coefficient (Wildman–Crippen LogP) is 3.21. The molecule has 0 aliphatic heterocycles. The number of thiophene rings is 1. The zero-order valence-corrected chi connectivity index (χ0v) is 11.9. The number of pyridine rings is 1. The smallest absolute Gasteiger partial charge is 0.0837 e. The minimum atomic E-state index is -0.311. The Morgan fingerprint density at radius 2 is 2.32 bits per heavy atom. The normalized spacial score (nSPS) is 13.0. The third kappa shape index (κ3) is 2.14. The van der Waals surface area contributed by atoms with Gasteiger partial charge in [0.15, 0.2) is 0 Å². The number of aryl methyl sites for hydroxylation is 1. The molecule has 19 heavy (non-hydrogen) atoms. The van der Waals surface area contributed by atoms with Crippen molar-refractivity contribution in [1.82, 2.24) is 14.8 Å². The van der Waals surface area contributed by atoms with Crippen LogP contribution >= 0.6 is 22.9 Å². The van der Waals surface area contributed by atoms with Crippen molar-refractivity contribution in [2.24, 2.45) is 5.73 Å². The van der Waals surface area contributed by atoms with E-state index in [4.69, 9.17) is 17.3 Å². The highest BCUT2D eigenvalue weighted by atomic mass is 35.5. The van der Waals surface area contributed by atoms with Gasteiger partial charge in [-0.25, -0.2) is 0 Å². The highest BCUT2D eigenvalue weighted by Gasteiger charge is 2.18. The van der Waals surface area contributed by atoms with Crippen LogP contribution in [0.1, 0.15) is 24.2 Å². The Morgan fingerprint density at radius 3 is 3.11 bits per heavy atom. The first-order valence-corrected chi connectivity index (χ1v) is 7.26. The second-order valence-corrected chi connectivity index (χ2v) is 5.60. The summed E-state index contributed by atoms with van der Waals surface area (Å²) in [7, 11) is 0. The summed E-state index contributed by atoms with van der Waals surface area (Å²) in [5.41, 5.74) is 9.10. The lowest BCUT2D eigenvalue weighted by Crippen LogP contribution is -2.17. The molecule has 4 nitrogen and oxygen atoms in total. The molecule has 3 aromatic heterocycles. The van der Waals surface area contributed by atoms with Crippen LogP contribution in [0.25, 0.3) is 10.2 Å². The number of nitrogens with two attached hydrogens (primary N) is 1. The molecule has 3 heterocycles. The van der Waals surface area contributed by atoms with Crippen molar-refractivity contribution in [2.45, 2.75) is 19.5 Å². The third-order valence-corrected chi connectivity index (χ3v) is 4.25. The molecule has 6 heteroatoms. The SMILES string of the molecule is CCn1ncc(Cl)c1C(N)c1cnc2ccsc2c1. The number of fused-ring (bicyclic) bond motifs is 1. The summed E-state index contributed by atoms with van der Waals surface area (Å²) in [6, 6.07) is 3.76. The molecule has 1 atom stereocenters. The van der Waals surface area contributed by atoms with E-state index in [0.717, 1.165) is 28.0 Å². The van der Waals surface area contributed by atoms with Gasteiger partial charge in [-0.1, -0.05) is 11.6 Å². The summed E-state index contributed by atoms with van der Waals surface area (Å²) in [6.07, 6.45) is 3.44. The first kappa shape index (κ1) is 12.6. The van der Waals surface area contributed by atoms with Crippen LogP contribution in [0.3, 0.4) is 0 Å². The van der Waals surface area contributed by atoms with Crippen molar-refractivity contribution in [3.8, 4) is 0 Å². The molecule has 98 valence electrons. The molecule has 0 amide bonds. The average Bonchev–Trinajstić information content (AvgIpc) is 3.02. The topological polar surface area (TPSA) is 56.7 Å². The fourth-order valence-corrected chi connectivity index (χ4v) is 3.17. The Bertz CT molecular complexity index is 718. The molecule has 3 rings (SSSR count). The van der Waals surface area contributed by atoms with Crippen LogP contribution in [0.5, 0.6) is 0 Å². The standard InChI is InChI=1S/C13H13ClN4S/c1-2-18-13(9(14)7-17-18)12(15)8-5-11-10(16-6-8)3-4-19-11/h3-7,12H,2,15H2,1H3. The molecular formula is C13H13ClN4S. The molecule has 0 spiro atoms. The maximum Gasteiger partial charge on any atom is 0.0837 e. The minimum Gasteiger partial charge on any atom is -0.319 e. The van der Waals surface area contributed by atoms with E-state index in [2.05, 4.69) is 16.1 Å². The molecule has 0 aliphatic rings. The predicted molar refractivity (Wildman–Crippen MR) is 78.6 cm³/mol. The number of aromatic nitrogens is 3. The Labute approximate surface area is 119 Å². The zero-order valence-electron chi connectivity index (χ0n) is 10.4. The summed E-state index contributed by atoms with van der Waals surface area (Å²) >= 11 is 7.84. The van der Waals surface area contributed by atoms with Crippen molar-refractivity contribution in [3.63, 3.8) is 0 Å². The van der Waals surface area contributed by atoms with Crippen LogP contribution < -0.4 is 5.73 Å². The van der Waals surface area contributed by atoms with Crippen LogP contribution in [-0.4, -0.2) is 14.8 Å².